The van der Waals surface area contributed by atoms with Crippen LogP contribution in [0.15, 0.2) is 29.2 Å². The van der Waals surface area contributed by atoms with Gasteiger partial charge >= 0.3 is 0 Å². The number of hydrogen-bond acceptors (Lipinski definition) is 3. The molecular formula is C14H18N2OS2. The molecule has 3 nitrogen and oxygen atoms in total. The van der Waals surface area contributed by atoms with Crippen LogP contribution in [0.1, 0.15) is 25.3 Å². The number of nitrogens with two attached hydrogens (primary N) is 1. The molecule has 0 radical (unpaired) electrons. The van der Waals surface area contributed by atoms with Gasteiger partial charge in [0.25, 0.3) is 0 Å². The monoisotopic (exact) mass is 294 g/mol. The van der Waals surface area contributed by atoms with E-state index in [1.807, 2.05) is 32.0 Å². The van der Waals surface area contributed by atoms with E-state index < -0.39 is 0 Å². The molecule has 0 saturated carbocycles. The first-order chi connectivity index (χ1) is 9.00. The molecule has 3 N–H and O–H groups in total. The molecule has 102 valence electrons. The maximum atomic E-state index is 12.4. The fourth-order valence-electron chi connectivity index (χ4n) is 2.20. The van der Waals surface area contributed by atoms with Gasteiger partial charge in [-0.05, 0) is 17.5 Å². The highest BCUT2D eigenvalue weighted by Crippen LogP contribution is 2.39. The molecule has 1 amide bonds. The zero-order valence-corrected chi connectivity index (χ0v) is 12.7. The summed E-state index contributed by atoms with van der Waals surface area (Å²) in [4.78, 5) is 13.9. The normalized spacial score (nSPS) is 19.0. The van der Waals surface area contributed by atoms with Crippen molar-refractivity contribution >= 4 is 34.9 Å². The topological polar surface area (TPSA) is 55.1 Å². The molecule has 19 heavy (non-hydrogen) atoms. The van der Waals surface area contributed by atoms with Crippen LogP contribution in [0.3, 0.4) is 0 Å². The number of nitrogens with one attached hydrogen (secondary N) is 1. The van der Waals surface area contributed by atoms with Crippen molar-refractivity contribution in [2.75, 3.05) is 5.75 Å². The van der Waals surface area contributed by atoms with Gasteiger partial charge in [0.15, 0.2) is 0 Å². The Balaban J connectivity index is 2.12. The van der Waals surface area contributed by atoms with E-state index in [2.05, 4.69) is 11.4 Å². The average molecular weight is 294 g/mol. The summed E-state index contributed by atoms with van der Waals surface area (Å²) in [6.45, 7) is 4.00. The van der Waals surface area contributed by atoms with Crippen LogP contribution in [-0.4, -0.2) is 22.7 Å². The summed E-state index contributed by atoms with van der Waals surface area (Å²) in [6.07, 6.45) is 0. The lowest BCUT2D eigenvalue weighted by Crippen LogP contribution is -2.48. The van der Waals surface area contributed by atoms with Crippen LogP contribution in [-0.2, 0) is 4.79 Å². The van der Waals surface area contributed by atoms with Crippen LogP contribution < -0.4 is 11.1 Å². The summed E-state index contributed by atoms with van der Waals surface area (Å²) in [5.41, 5.74) is 6.80. The zero-order chi connectivity index (χ0) is 14.0. The molecule has 5 heteroatoms. The van der Waals surface area contributed by atoms with Gasteiger partial charge in [-0.15, -0.1) is 11.8 Å². The van der Waals surface area contributed by atoms with Crippen molar-refractivity contribution in [1.82, 2.24) is 5.32 Å². The first kappa shape index (κ1) is 14.3. The average Bonchev–Trinajstić information content (AvgIpc) is 2.78. The molecule has 2 rings (SSSR count). The fourth-order valence-corrected chi connectivity index (χ4v) is 3.76. The maximum Gasteiger partial charge on any atom is 0.229 e. The van der Waals surface area contributed by atoms with Gasteiger partial charge in [-0.3, -0.25) is 4.79 Å². The molecule has 0 spiro atoms. The first-order valence-electron chi connectivity index (χ1n) is 6.32. The van der Waals surface area contributed by atoms with E-state index in [1.54, 1.807) is 11.8 Å². The molecular weight excluding hydrogens is 276 g/mol. The van der Waals surface area contributed by atoms with Crippen molar-refractivity contribution in [2.45, 2.75) is 30.7 Å². The molecule has 0 fully saturated rings. The Morgan fingerprint density at radius 1 is 1.47 bits per heavy atom. The van der Waals surface area contributed by atoms with Gasteiger partial charge in [0, 0.05) is 10.6 Å². The van der Waals surface area contributed by atoms with Gasteiger partial charge in [0.05, 0.1) is 16.9 Å². The van der Waals surface area contributed by atoms with Gasteiger partial charge in [-0.1, -0.05) is 44.3 Å². The number of amides is 1. The Labute approximate surface area is 123 Å². The third-order valence-corrected chi connectivity index (χ3v) is 4.72. The predicted molar refractivity (Wildman–Crippen MR) is 83.5 cm³/mol. The second-order valence-electron chi connectivity index (χ2n) is 5.03. The van der Waals surface area contributed by atoms with Crippen LogP contribution in [0.25, 0.3) is 0 Å². The van der Waals surface area contributed by atoms with E-state index in [0.717, 1.165) is 11.3 Å². The Kier molecular flexibility index (Phi) is 4.47. The molecule has 2 unspecified atom stereocenters. The zero-order valence-electron chi connectivity index (χ0n) is 11.1. The number of benzene rings is 1. The van der Waals surface area contributed by atoms with E-state index in [4.69, 9.17) is 18.0 Å². The van der Waals surface area contributed by atoms with Crippen LogP contribution in [0, 0.1) is 5.92 Å². The lowest BCUT2D eigenvalue weighted by atomic mass is 9.98. The van der Waals surface area contributed by atoms with Crippen molar-refractivity contribution < 1.29 is 4.79 Å². The van der Waals surface area contributed by atoms with E-state index in [9.17, 15) is 4.79 Å². The van der Waals surface area contributed by atoms with Crippen molar-refractivity contribution in [3.05, 3.63) is 29.8 Å². The number of rotatable bonds is 4. The molecule has 0 bridgehead atoms. The Morgan fingerprint density at radius 2 is 2.16 bits per heavy atom. The highest BCUT2D eigenvalue weighted by Gasteiger charge is 2.31. The predicted octanol–water partition coefficient (Wildman–Crippen LogP) is 2.30. The molecule has 0 aliphatic carbocycles. The van der Waals surface area contributed by atoms with E-state index >= 15 is 0 Å². The minimum Gasteiger partial charge on any atom is -0.392 e. The van der Waals surface area contributed by atoms with Gasteiger partial charge in [0.1, 0.15) is 0 Å². The summed E-state index contributed by atoms with van der Waals surface area (Å²) in [7, 11) is 0. The molecule has 0 saturated heterocycles. The van der Waals surface area contributed by atoms with Crippen LogP contribution in [0.5, 0.6) is 0 Å². The number of hydrogen-bond donors (Lipinski definition) is 2. The third kappa shape index (κ3) is 3.09. The molecule has 1 aliphatic heterocycles. The number of thioether (sulfide) groups is 1. The second kappa shape index (κ2) is 5.92. The van der Waals surface area contributed by atoms with Crippen molar-refractivity contribution in [3.8, 4) is 0 Å². The van der Waals surface area contributed by atoms with E-state index in [1.165, 1.54) is 4.90 Å². The molecule has 1 aliphatic rings. The Hall–Kier alpha value is -1.07. The molecule has 1 aromatic rings. The smallest absolute Gasteiger partial charge is 0.229 e. The van der Waals surface area contributed by atoms with Crippen molar-refractivity contribution in [1.29, 1.82) is 0 Å². The summed E-state index contributed by atoms with van der Waals surface area (Å²) >= 11 is 6.75. The fraction of sp³-hybridized carbons (Fsp3) is 0.429. The quantitative estimate of drug-likeness (QED) is 0.837. The number of carbonyl (C=O) groups excluding carboxylic acids is 1. The van der Waals surface area contributed by atoms with Crippen LogP contribution in [0.2, 0.25) is 0 Å². The van der Waals surface area contributed by atoms with Crippen molar-refractivity contribution in [3.63, 3.8) is 0 Å². The largest absolute Gasteiger partial charge is 0.392 e. The highest BCUT2D eigenvalue weighted by atomic mass is 32.2. The van der Waals surface area contributed by atoms with Gasteiger partial charge < -0.3 is 11.1 Å². The third-order valence-electron chi connectivity index (χ3n) is 3.29. The Bertz CT molecular complexity index is 502. The van der Waals surface area contributed by atoms with Gasteiger partial charge in [-0.25, -0.2) is 0 Å². The summed E-state index contributed by atoms with van der Waals surface area (Å²) in [6, 6.07) is 7.81. The molecule has 0 aromatic heterocycles. The number of thiocarbonyl (C=S) groups is 1. The van der Waals surface area contributed by atoms with E-state index in [-0.39, 0.29) is 23.8 Å². The van der Waals surface area contributed by atoms with Gasteiger partial charge in [0.2, 0.25) is 5.91 Å². The van der Waals surface area contributed by atoms with Crippen LogP contribution in [0.4, 0.5) is 0 Å². The SMILES string of the molecule is CC(C)C(NC(=O)C1CSc2ccccc21)C(N)=S. The summed E-state index contributed by atoms with van der Waals surface area (Å²) in [5.74, 6) is 0.902. The minimum atomic E-state index is -0.236. The molecule has 1 heterocycles. The number of fused-ring (bicyclic) bond motifs is 1. The summed E-state index contributed by atoms with van der Waals surface area (Å²) in [5, 5.41) is 2.98. The molecule has 2 atom stereocenters. The summed E-state index contributed by atoms with van der Waals surface area (Å²) < 4.78 is 0. The van der Waals surface area contributed by atoms with Crippen LogP contribution >= 0.6 is 24.0 Å². The minimum absolute atomic E-state index is 0.0175. The highest BCUT2D eigenvalue weighted by molar-refractivity contribution is 7.99. The number of carbonyl (C=O) groups is 1. The second-order valence-corrected chi connectivity index (χ2v) is 6.57. The van der Waals surface area contributed by atoms with Crippen molar-refractivity contribution in [2.24, 2.45) is 11.7 Å². The first-order valence-corrected chi connectivity index (χ1v) is 7.71. The lowest BCUT2D eigenvalue weighted by molar-refractivity contribution is -0.122. The lowest BCUT2D eigenvalue weighted by Gasteiger charge is -2.23. The van der Waals surface area contributed by atoms with E-state index in [0.29, 0.717) is 4.99 Å². The standard InChI is InChI=1S/C14H18N2OS2/c1-8(2)12(13(15)18)16-14(17)10-7-19-11-6-4-3-5-9(10)11/h3-6,8,10,12H,7H2,1-2H3,(H2,15,18)(H,16,17). The maximum absolute atomic E-state index is 12.4. The van der Waals surface area contributed by atoms with Gasteiger partial charge in [-0.2, -0.15) is 0 Å². The Morgan fingerprint density at radius 3 is 2.79 bits per heavy atom. The molecule has 1 aromatic carbocycles.